The SMILES string of the molecule is CCOc1cc(/C=N\NC(=O)CN2CCCCC2)ccc1OCc1ccccc1. The average Bonchev–Trinajstić information content (AvgIpc) is 2.75. The van der Waals surface area contributed by atoms with Crippen molar-refractivity contribution in [2.75, 3.05) is 26.2 Å². The van der Waals surface area contributed by atoms with Crippen LogP contribution in [0.25, 0.3) is 0 Å². The van der Waals surface area contributed by atoms with Gasteiger partial charge in [-0.05, 0) is 62.2 Å². The van der Waals surface area contributed by atoms with Crippen LogP contribution < -0.4 is 14.9 Å². The van der Waals surface area contributed by atoms with Crippen molar-refractivity contribution in [1.29, 1.82) is 0 Å². The molecular formula is C23H29N3O3. The van der Waals surface area contributed by atoms with E-state index in [1.54, 1.807) is 6.21 Å². The highest BCUT2D eigenvalue weighted by molar-refractivity contribution is 5.83. The highest BCUT2D eigenvalue weighted by Crippen LogP contribution is 2.28. The van der Waals surface area contributed by atoms with Crippen molar-refractivity contribution in [2.45, 2.75) is 32.8 Å². The van der Waals surface area contributed by atoms with E-state index < -0.39 is 0 Å². The molecule has 0 bridgehead atoms. The number of carbonyl (C=O) groups is 1. The first kappa shape index (κ1) is 20.9. The Hall–Kier alpha value is -2.86. The molecule has 0 unspecified atom stereocenters. The minimum Gasteiger partial charge on any atom is -0.490 e. The lowest BCUT2D eigenvalue weighted by atomic mass is 10.1. The van der Waals surface area contributed by atoms with Gasteiger partial charge in [-0.15, -0.1) is 0 Å². The predicted octanol–water partition coefficient (Wildman–Crippen LogP) is 3.60. The van der Waals surface area contributed by atoms with Crippen LogP contribution >= 0.6 is 0 Å². The zero-order valence-corrected chi connectivity index (χ0v) is 17.0. The quantitative estimate of drug-likeness (QED) is 0.521. The number of carbonyl (C=O) groups excluding carboxylic acids is 1. The van der Waals surface area contributed by atoms with Crippen LogP contribution in [0.3, 0.4) is 0 Å². The number of hydrogen-bond acceptors (Lipinski definition) is 5. The van der Waals surface area contributed by atoms with Crippen molar-refractivity contribution >= 4 is 12.1 Å². The monoisotopic (exact) mass is 395 g/mol. The molecule has 0 saturated carbocycles. The maximum atomic E-state index is 12.0. The van der Waals surface area contributed by atoms with E-state index in [2.05, 4.69) is 15.4 Å². The summed E-state index contributed by atoms with van der Waals surface area (Å²) in [4.78, 5) is 14.2. The fourth-order valence-electron chi connectivity index (χ4n) is 3.26. The first-order valence-electron chi connectivity index (χ1n) is 10.2. The summed E-state index contributed by atoms with van der Waals surface area (Å²) in [6.07, 6.45) is 5.20. The Morgan fingerprint density at radius 3 is 2.62 bits per heavy atom. The smallest absolute Gasteiger partial charge is 0.254 e. The van der Waals surface area contributed by atoms with Gasteiger partial charge in [0.1, 0.15) is 6.61 Å². The number of nitrogens with zero attached hydrogens (tertiary/aromatic N) is 2. The number of rotatable bonds is 9. The predicted molar refractivity (Wildman–Crippen MR) is 114 cm³/mol. The third kappa shape index (κ3) is 6.91. The van der Waals surface area contributed by atoms with Crippen LogP contribution in [0.1, 0.15) is 37.3 Å². The summed E-state index contributed by atoms with van der Waals surface area (Å²) in [6, 6.07) is 15.6. The molecule has 1 N–H and O–H groups in total. The third-order valence-corrected chi connectivity index (χ3v) is 4.72. The van der Waals surface area contributed by atoms with E-state index in [1.165, 1.54) is 6.42 Å². The van der Waals surface area contributed by atoms with E-state index in [4.69, 9.17) is 9.47 Å². The molecule has 6 heteroatoms. The number of ether oxygens (including phenoxy) is 2. The van der Waals surface area contributed by atoms with Gasteiger partial charge in [0.15, 0.2) is 11.5 Å². The zero-order chi connectivity index (χ0) is 20.3. The number of nitrogens with one attached hydrogen (secondary N) is 1. The summed E-state index contributed by atoms with van der Waals surface area (Å²) in [5, 5.41) is 4.08. The van der Waals surface area contributed by atoms with Crippen molar-refractivity contribution < 1.29 is 14.3 Å². The molecule has 2 aromatic carbocycles. The first-order valence-corrected chi connectivity index (χ1v) is 10.2. The summed E-state index contributed by atoms with van der Waals surface area (Å²) < 4.78 is 11.6. The molecule has 6 nitrogen and oxygen atoms in total. The summed E-state index contributed by atoms with van der Waals surface area (Å²) >= 11 is 0. The molecule has 1 heterocycles. The lowest BCUT2D eigenvalue weighted by molar-refractivity contribution is -0.122. The van der Waals surface area contributed by atoms with Gasteiger partial charge in [-0.2, -0.15) is 5.10 Å². The van der Waals surface area contributed by atoms with Crippen LogP contribution in [0.2, 0.25) is 0 Å². The Balaban J connectivity index is 1.55. The minimum absolute atomic E-state index is 0.0870. The van der Waals surface area contributed by atoms with Crippen LogP contribution in [-0.4, -0.2) is 43.3 Å². The van der Waals surface area contributed by atoms with Gasteiger partial charge >= 0.3 is 0 Å². The molecule has 3 rings (SSSR count). The molecule has 0 aliphatic carbocycles. The van der Waals surface area contributed by atoms with Gasteiger partial charge in [0.25, 0.3) is 5.91 Å². The van der Waals surface area contributed by atoms with Crippen LogP contribution in [0.5, 0.6) is 11.5 Å². The summed E-state index contributed by atoms with van der Waals surface area (Å²) in [5.74, 6) is 1.25. The van der Waals surface area contributed by atoms with Gasteiger partial charge in [0.2, 0.25) is 0 Å². The van der Waals surface area contributed by atoms with E-state index in [9.17, 15) is 4.79 Å². The summed E-state index contributed by atoms with van der Waals surface area (Å²) in [5.41, 5.74) is 4.53. The molecular weight excluding hydrogens is 366 g/mol. The van der Waals surface area contributed by atoms with E-state index in [0.29, 0.717) is 31.3 Å². The van der Waals surface area contributed by atoms with E-state index in [0.717, 1.165) is 37.1 Å². The van der Waals surface area contributed by atoms with Crippen molar-refractivity contribution in [3.05, 3.63) is 59.7 Å². The topological polar surface area (TPSA) is 63.2 Å². The fourth-order valence-corrected chi connectivity index (χ4v) is 3.26. The highest BCUT2D eigenvalue weighted by Gasteiger charge is 2.13. The van der Waals surface area contributed by atoms with E-state index in [-0.39, 0.29) is 5.91 Å². The Morgan fingerprint density at radius 2 is 1.86 bits per heavy atom. The van der Waals surface area contributed by atoms with Crippen molar-refractivity contribution in [3.8, 4) is 11.5 Å². The van der Waals surface area contributed by atoms with Gasteiger partial charge in [-0.1, -0.05) is 36.8 Å². The lowest BCUT2D eigenvalue weighted by Crippen LogP contribution is -2.38. The van der Waals surface area contributed by atoms with Crippen LogP contribution in [0.4, 0.5) is 0 Å². The number of hydrogen-bond donors (Lipinski definition) is 1. The largest absolute Gasteiger partial charge is 0.490 e. The van der Waals surface area contributed by atoms with Crippen LogP contribution in [0, 0.1) is 0 Å². The van der Waals surface area contributed by atoms with E-state index >= 15 is 0 Å². The Labute approximate surface area is 172 Å². The number of benzene rings is 2. The van der Waals surface area contributed by atoms with E-state index in [1.807, 2.05) is 55.5 Å². The second-order valence-corrected chi connectivity index (χ2v) is 7.04. The van der Waals surface area contributed by atoms with Crippen molar-refractivity contribution in [3.63, 3.8) is 0 Å². The standard InChI is InChI=1S/C23H29N3O3/c1-2-28-22-15-20(11-12-21(22)29-18-19-9-5-3-6-10-19)16-24-25-23(27)17-26-13-7-4-8-14-26/h3,5-6,9-12,15-16H,2,4,7-8,13-14,17-18H2,1H3,(H,25,27)/b24-16-. The molecule has 0 spiro atoms. The number of amides is 1. The second kappa shape index (κ2) is 11.2. The Kier molecular flexibility index (Phi) is 8.07. The molecule has 154 valence electrons. The van der Waals surface area contributed by atoms with Crippen molar-refractivity contribution in [2.24, 2.45) is 5.10 Å². The van der Waals surface area contributed by atoms with Crippen LogP contribution in [-0.2, 0) is 11.4 Å². The maximum absolute atomic E-state index is 12.0. The Bertz CT molecular complexity index is 802. The molecule has 29 heavy (non-hydrogen) atoms. The highest BCUT2D eigenvalue weighted by atomic mass is 16.5. The van der Waals surface area contributed by atoms with Gasteiger partial charge in [-0.25, -0.2) is 5.43 Å². The zero-order valence-electron chi connectivity index (χ0n) is 17.0. The van der Waals surface area contributed by atoms with Gasteiger partial charge < -0.3 is 9.47 Å². The molecule has 2 aromatic rings. The molecule has 1 amide bonds. The fraction of sp³-hybridized carbons (Fsp3) is 0.391. The van der Waals surface area contributed by atoms with Crippen LogP contribution in [0.15, 0.2) is 53.6 Å². The average molecular weight is 396 g/mol. The third-order valence-electron chi connectivity index (χ3n) is 4.72. The molecule has 1 fully saturated rings. The number of piperidine rings is 1. The van der Waals surface area contributed by atoms with Gasteiger partial charge in [0.05, 0.1) is 19.4 Å². The lowest BCUT2D eigenvalue weighted by Gasteiger charge is -2.25. The molecule has 1 aliphatic heterocycles. The van der Waals surface area contributed by atoms with Crippen molar-refractivity contribution in [1.82, 2.24) is 10.3 Å². The maximum Gasteiger partial charge on any atom is 0.254 e. The Morgan fingerprint density at radius 1 is 1.07 bits per heavy atom. The molecule has 0 atom stereocenters. The summed E-state index contributed by atoms with van der Waals surface area (Å²) in [6.45, 7) is 5.31. The minimum atomic E-state index is -0.0870. The number of likely N-dealkylation sites (tertiary alicyclic amines) is 1. The second-order valence-electron chi connectivity index (χ2n) is 7.04. The molecule has 1 saturated heterocycles. The first-order chi connectivity index (χ1) is 14.2. The van der Waals surface area contributed by atoms with Gasteiger partial charge in [-0.3, -0.25) is 9.69 Å². The molecule has 0 aromatic heterocycles. The summed E-state index contributed by atoms with van der Waals surface area (Å²) in [7, 11) is 0. The van der Waals surface area contributed by atoms with Gasteiger partial charge in [0, 0.05) is 0 Å². The molecule has 1 aliphatic rings. The molecule has 0 radical (unpaired) electrons. The normalized spacial score (nSPS) is 14.7. The number of hydrazone groups is 1.